The van der Waals surface area contributed by atoms with Crippen LogP contribution in [0, 0.1) is 11.7 Å². The van der Waals surface area contributed by atoms with Gasteiger partial charge in [-0.05, 0) is 48.7 Å². The summed E-state index contributed by atoms with van der Waals surface area (Å²) in [5, 5.41) is 11.5. The largest absolute Gasteiger partial charge is 0.481 e. The van der Waals surface area contributed by atoms with Gasteiger partial charge in [0.25, 0.3) is 0 Å². The van der Waals surface area contributed by atoms with Gasteiger partial charge in [0, 0.05) is 53.6 Å². The van der Waals surface area contributed by atoms with Crippen LogP contribution in [-0.2, 0) is 4.79 Å². The predicted octanol–water partition coefficient (Wildman–Crippen LogP) is 5.45. The van der Waals surface area contributed by atoms with Crippen molar-refractivity contribution in [3.63, 3.8) is 0 Å². The summed E-state index contributed by atoms with van der Waals surface area (Å²) in [6.07, 6.45) is 6.24. The van der Waals surface area contributed by atoms with Crippen LogP contribution in [0.1, 0.15) is 12.8 Å². The number of hydrogen-bond acceptors (Lipinski definition) is 5. The predicted molar refractivity (Wildman–Crippen MR) is 126 cm³/mol. The second-order valence-electron chi connectivity index (χ2n) is 8.05. The second-order valence-corrected chi connectivity index (χ2v) is 8.44. The molecule has 0 unspecified atom stereocenters. The van der Waals surface area contributed by atoms with Crippen LogP contribution in [-0.4, -0.2) is 39.1 Å². The summed E-state index contributed by atoms with van der Waals surface area (Å²) in [6.45, 7) is 1.18. The average Bonchev–Trinajstić information content (AvgIpc) is 2.84. The Morgan fingerprint density at radius 3 is 2.48 bits per heavy atom. The molecular formula is C25H20ClFN4O2. The summed E-state index contributed by atoms with van der Waals surface area (Å²) < 4.78 is 13.7. The zero-order valence-electron chi connectivity index (χ0n) is 17.6. The number of hydrogen-bond donors (Lipinski definition) is 1. The SMILES string of the molecule is O=C(O)C1CCN(c2nc(-c3ccnc(Cl)c3)c(-c3ccc(F)cc3)c3cnccc23)CC1. The zero-order chi connectivity index (χ0) is 22.9. The summed E-state index contributed by atoms with van der Waals surface area (Å²) in [5.41, 5.74) is 3.09. The van der Waals surface area contributed by atoms with Gasteiger partial charge in [-0.1, -0.05) is 23.7 Å². The Balaban J connectivity index is 1.74. The third kappa shape index (κ3) is 4.12. The molecular weight excluding hydrogens is 443 g/mol. The van der Waals surface area contributed by atoms with Crippen LogP contribution < -0.4 is 4.90 Å². The van der Waals surface area contributed by atoms with Gasteiger partial charge in [0.1, 0.15) is 16.8 Å². The molecule has 0 aliphatic carbocycles. The molecule has 166 valence electrons. The van der Waals surface area contributed by atoms with E-state index in [9.17, 15) is 14.3 Å². The molecule has 0 bridgehead atoms. The maximum Gasteiger partial charge on any atom is 0.306 e. The summed E-state index contributed by atoms with van der Waals surface area (Å²) in [7, 11) is 0. The number of halogens is 2. The van der Waals surface area contributed by atoms with Crippen molar-refractivity contribution < 1.29 is 14.3 Å². The monoisotopic (exact) mass is 462 g/mol. The number of carboxylic acids is 1. The van der Waals surface area contributed by atoms with Crippen molar-refractivity contribution in [2.45, 2.75) is 12.8 Å². The lowest BCUT2D eigenvalue weighted by Crippen LogP contribution is -2.37. The fourth-order valence-corrected chi connectivity index (χ4v) is 4.56. The van der Waals surface area contributed by atoms with Crippen LogP contribution in [0.2, 0.25) is 5.15 Å². The van der Waals surface area contributed by atoms with E-state index in [1.54, 1.807) is 36.8 Å². The Bertz CT molecular complexity index is 1340. The van der Waals surface area contributed by atoms with E-state index in [1.165, 1.54) is 12.1 Å². The highest BCUT2D eigenvalue weighted by Gasteiger charge is 2.27. The molecule has 0 spiro atoms. The smallest absolute Gasteiger partial charge is 0.306 e. The fourth-order valence-electron chi connectivity index (χ4n) is 4.38. The van der Waals surface area contributed by atoms with Gasteiger partial charge in [-0.3, -0.25) is 9.78 Å². The maximum atomic E-state index is 13.7. The molecule has 0 atom stereocenters. The normalized spacial score (nSPS) is 14.5. The van der Waals surface area contributed by atoms with Gasteiger partial charge in [-0.2, -0.15) is 0 Å². The Hall–Kier alpha value is -3.58. The lowest BCUT2D eigenvalue weighted by Gasteiger charge is -2.32. The van der Waals surface area contributed by atoms with Crippen molar-refractivity contribution >= 4 is 34.2 Å². The molecule has 1 aromatic carbocycles. The lowest BCUT2D eigenvalue weighted by molar-refractivity contribution is -0.142. The van der Waals surface area contributed by atoms with Gasteiger partial charge in [0.15, 0.2) is 0 Å². The van der Waals surface area contributed by atoms with E-state index < -0.39 is 5.97 Å². The Morgan fingerprint density at radius 2 is 1.79 bits per heavy atom. The molecule has 1 saturated heterocycles. The molecule has 4 aromatic rings. The quantitative estimate of drug-likeness (QED) is 0.406. The number of fused-ring (bicyclic) bond motifs is 1. The number of piperidine rings is 1. The van der Waals surface area contributed by atoms with E-state index in [0.29, 0.717) is 36.8 Å². The first-order valence-corrected chi connectivity index (χ1v) is 11.0. The fraction of sp³-hybridized carbons (Fsp3) is 0.200. The van der Waals surface area contributed by atoms with Crippen molar-refractivity contribution in [2.24, 2.45) is 5.92 Å². The number of benzene rings is 1. The Morgan fingerprint density at radius 1 is 1.03 bits per heavy atom. The molecule has 1 N–H and O–H groups in total. The molecule has 4 heterocycles. The topological polar surface area (TPSA) is 79.2 Å². The van der Waals surface area contributed by atoms with E-state index in [1.807, 2.05) is 12.1 Å². The van der Waals surface area contributed by atoms with Gasteiger partial charge in [0.05, 0.1) is 11.6 Å². The van der Waals surface area contributed by atoms with Crippen LogP contribution >= 0.6 is 11.6 Å². The number of anilines is 1. The summed E-state index contributed by atoms with van der Waals surface area (Å²) in [4.78, 5) is 27.1. The average molecular weight is 463 g/mol. The third-order valence-electron chi connectivity index (χ3n) is 6.06. The van der Waals surface area contributed by atoms with Crippen molar-refractivity contribution in [1.29, 1.82) is 0 Å². The summed E-state index contributed by atoms with van der Waals surface area (Å²) in [6, 6.07) is 11.8. The number of nitrogens with zero attached hydrogens (tertiary/aromatic N) is 4. The highest BCUT2D eigenvalue weighted by Crippen LogP contribution is 2.41. The maximum absolute atomic E-state index is 13.7. The van der Waals surface area contributed by atoms with Gasteiger partial charge in [-0.25, -0.2) is 14.4 Å². The minimum Gasteiger partial charge on any atom is -0.481 e. The molecule has 0 radical (unpaired) electrons. The van der Waals surface area contributed by atoms with Gasteiger partial charge in [0.2, 0.25) is 0 Å². The number of carboxylic acid groups (broad SMARTS) is 1. The Kier molecular flexibility index (Phi) is 5.64. The Labute approximate surface area is 194 Å². The number of aliphatic carboxylic acids is 1. The minimum absolute atomic E-state index is 0.319. The van der Waals surface area contributed by atoms with E-state index in [-0.39, 0.29) is 11.7 Å². The van der Waals surface area contributed by atoms with Crippen LogP contribution in [0.5, 0.6) is 0 Å². The summed E-state index contributed by atoms with van der Waals surface area (Å²) >= 11 is 6.20. The third-order valence-corrected chi connectivity index (χ3v) is 6.27. The molecule has 3 aromatic heterocycles. The molecule has 1 fully saturated rings. The number of pyridine rings is 3. The highest BCUT2D eigenvalue weighted by molar-refractivity contribution is 6.29. The zero-order valence-corrected chi connectivity index (χ0v) is 18.3. The van der Waals surface area contributed by atoms with E-state index in [0.717, 1.165) is 33.3 Å². The second kappa shape index (κ2) is 8.75. The van der Waals surface area contributed by atoms with Crippen molar-refractivity contribution in [3.05, 3.63) is 72.0 Å². The minimum atomic E-state index is -0.754. The van der Waals surface area contributed by atoms with Crippen LogP contribution in [0.4, 0.5) is 10.2 Å². The molecule has 8 heteroatoms. The first kappa shape index (κ1) is 21.3. The molecule has 33 heavy (non-hydrogen) atoms. The van der Waals surface area contributed by atoms with E-state index >= 15 is 0 Å². The standard InChI is InChI=1S/C25H20ClFN4O2/c26-21-13-17(5-10-29-21)23-22(15-1-3-18(27)4-2-15)20-14-28-9-6-19(20)24(30-23)31-11-7-16(8-12-31)25(32)33/h1-6,9-10,13-14,16H,7-8,11-12H2,(H,32,33). The van der Waals surface area contributed by atoms with Crippen molar-refractivity contribution in [1.82, 2.24) is 15.0 Å². The van der Waals surface area contributed by atoms with Crippen LogP contribution in [0.3, 0.4) is 0 Å². The van der Waals surface area contributed by atoms with Gasteiger partial charge in [-0.15, -0.1) is 0 Å². The number of aromatic nitrogens is 3. The highest BCUT2D eigenvalue weighted by atomic mass is 35.5. The van der Waals surface area contributed by atoms with Gasteiger partial charge >= 0.3 is 5.97 Å². The molecule has 5 rings (SSSR count). The molecule has 0 amide bonds. The molecule has 1 aliphatic heterocycles. The van der Waals surface area contributed by atoms with Crippen molar-refractivity contribution in [2.75, 3.05) is 18.0 Å². The van der Waals surface area contributed by atoms with E-state index in [2.05, 4.69) is 14.9 Å². The van der Waals surface area contributed by atoms with Crippen LogP contribution in [0.25, 0.3) is 33.2 Å². The van der Waals surface area contributed by atoms with Crippen molar-refractivity contribution in [3.8, 4) is 22.4 Å². The van der Waals surface area contributed by atoms with Gasteiger partial charge < -0.3 is 10.0 Å². The number of rotatable bonds is 4. The number of carbonyl (C=O) groups is 1. The lowest BCUT2D eigenvalue weighted by atomic mass is 9.93. The molecule has 1 aliphatic rings. The van der Waals surface area contributed by atoms with E-state index in [4.69, 9.17) is 16.6 Å². The van der Waals surface area contributed by atoms with Crippen LogP contribution in [0.15, 0.2) is 61.1 Å². The molecule has 0 saturated carbocycles. The molecule has 6 nitrogen and oxygen atoms in total. The first-order valence-electron chi connectivity index (χ1n) is 10.6. The summed E-state index contributed by atoms with van der Waals surface area (Å²) in [5.74, 6) is -0.646. The first-order chi connectivity index (χ1) is 16.0.